The van der Waals surface area contributed by atoms with Gasteiger partial charge in [0.2, 0.25) is 5.82 Å². The molecule has 0 radical (unpaired) electrons. The Kier molecular flexibility index (Phi) is 5.78. The van der Waals surface area contributed by atoms with Crippen molar-refractivity contribution in [2.45, 2.75) is 19.9 Å². The third-order valence-corrected chi connectivity index (χ3v) is 5.96. The van der Waals surface area contributed by atoms with Crippen molar-refractivity contribution < 1.29 is 18.4 Å². The number of methoxy groups -OCH3 is 1. The van der Waals surface area contributed by atoms with Gasteiger partial charge in [0.1, 0.15) is 11.6 Å². The maximum Gasteiger partial charge on any atom is 0.326 e. The second-order valence-electron chi connectivity index (χ2n) is 8.26. The second kappa shape index (κ2) is 9.06. The average molecular weight is 471 g/mol. The number of ether oxygens (including phenoxy) is 1. The zero-order valence-corrected chi connectivity index (χ0v) is 19.4. The number of hydrogen-bond donors (Lipinski definition) is 1. The van der Waals surface area contributed by atoms with E-state index in [0.29, 0.717) is 34.1 Å². The highest BCUT2D eigenvalue weighted by Gasteiger charge is 2.36. The van der Waals surface area contributed by atoms with Gasteiger partial charge in [-0.15, -0.1) is 0 Å². The first-order chi connectivity index (χ1) is 16.9. The van der Waals surface area contributed by atoms with Gasteiger partial charge in [0.25, 0.3) is 5.89 Å². The molecule has 2 amide bonds. The zero-order valence-electron chi connectivity index (χ0n) is 19.4. The molecule has 0 aliphatic carbocycles. The van der Waals surface area contributed by atoms with Gasteiger partial charge in [0, 0.05) is 11.3 Å². The molecule has 1 N–H and O–H groups in total. The molecule has 8 heteroatoms. The van der Waals surface area contributed by atoms with Crippen LogP contribution in [0.25, 0.3) is 17.0 Å². The Labute approximate surface area is 201 Å². The van der Waals surface area contributed by atoms with Crippen LogP contribution in [0.4, 0.5) is 14.9 Å². The van der Waals surface area contributed by atoms with Crippen LogP contribution in [0.15, 0.2) is 83.0 Å². The molecule has 2 heterocycles. The van der Waals surface area contributed by atoms with E-state index in [2.05, 4.69) is 15.5 Å². The molecule has 1 unspecified atom stereocenters. The van der Waals surface area contributed by atoms with E-state index in [9.17, 15) is 9.18 Å². The SMILES string of the molecule is COc1ccc(-c2noc(C3=C(C)N(c4ccc(C)cc4)C(=O)NC3c3cccc(F)c3)n2)cc1. The lowest BCUT2D eigenvalue weighted by atomic mass is 9.94. The van der Waals surface area contributed by atoms with Crippen LogP contribution in [-0.2, 0) is 0 Å². The van der Waals surface area contributed by atoms with E-state index in [1.54, 1.807) is 24.1 Å². The van der Waals surface area contributed by atoms with Crippen molar-refractivity contribution >= 4 is 17.3 Å². The molecule has 0 saturated carbocycles. The molecule has 3 aromatic carbocycles. The summed E-state index contributed by atoms with van der Waals surface area (Å²) in [4.78, 5) is 19.4. The molecule has 176 valence electrons. The molecule has 0 bridgehead atoms. The number of aromatic nitrogens is 2. The predicted octanol–water partition coefficient (Wildman–Crippen LogP) is 5.89. The summed E-state index contributed by atoms with van der Waals surface area (Å²) in [7, 11) is 1.60. The summed E-state index contributed by atoms with van der Waals surface area (Å²) < 4.78 is 25.0. The number of nitrogens with zero attached hydrogens (tertiary/aromatic N) is 3. The van der Waals surface area contributed by atoms with Crippen molar-refractivity contribution in [2.24, 2.45) is 0 Å². The largest absolute Gasteiger partial charge is 0.497 e. The molecule has 1 aromatic heterocycles. The fourth-order valence-corrected chi connectivity index (χ4v) is 4.15. The minimum Gasteiger partial charge on any atom is -0.497 e. The Hall–Kier alpha value is -4.46. The maximum absolute atomic E-state index is 14.1. The third kappa shape index (κ3) is 4.26. The molecule has 0 saturated heterocycles. The van der Waals surface area contributed by atoms with E-state index in [4.69, 9.17) is 9.26 Å². The minimum atomic E-state index is -0.677. The number of nitrogens with one attached hydrogen (secondary N) is 1. The number of urea groups is 1. The number of hydrogen-bond acceptors (Lipinski definition) is 5. The first kappa shape index (κ1) is 22.3. The number of anilines is 1. The minimum absolute atomic E-state index is 0.236. The first-order valence-electron chi connectivity index (χ1n) is 11.1. The molecule has 1 aliphatic rings. The Balaban J connectivity index is 1.63. The highest BCUT2D eigenvalue weighted by atomic mass is 19.1. The van der Waals surface area contributed by atoms with Crippen molar-refractivity contribution in [3.63, 3.8) is 0 Å². The Bertz CT molecular complexity index is 1410. The Morgan fingerprint density at radius 3 is 2.46 bits per heavy atom. The van der Waals surface area contributed by atoms with Gasteiger partial charge in [0.15, 0.2) is 0 Å². The van der Waals surface area contributed by atoms with Gasteiger partial charge in [-0.25, -0.2) is 9.18 Å². The number of aryl methyl sites for hydroxylation is 1. The number of carbonyl (C=O) groups excluding carboxylic acids is 1. The third-order valence-electron chi connectivity index (χ3n) is 5.96. The van der Waals surface area contributed by atoms with Crippen LogP contribution in [0.2, 0.25) is 0 Å². The van der Waals surface area contributed by atoms with E-state index in [-0.39, 0.29) is 11.9 Å². The maximum atomic E-state index is 14.1. The monoisotopic (exact) mass is 470 g/mol. The number of allylic oxidation sites excluding steroid dienone is 1. The lowest BCUT2D eigenvalue weighted by molar-refractivity contribution is 0.244. The Morgan fingerprint density at radius 2 is 1.77 bits per heavy atom. The Morgan fingerprint density at radius 1 is 1.03 bits per heavy atom. The van der Waals surface area contributed by atoms with Gasteiger partial charge in [-0.05, 0) is 67.9 Å². The molecule has 1 aliphatic heterocycles. The molecular formula is C27H23FN4O3. The lowest BCUT2D eigenvalue weighted by Gasteiger charge is -2.35. The van der Waals surface area contributed by atoms with Crippen LogP contribution in [0.1, 0.15) is 30.0 Å². The fraction of sp³-hybridized carbons (Fsp3) is 0.148. The number of benzene rings is 3. The summed E-state index contributed by atoms with van der Waals surface area (Å²) in [5, 5.41) is 7.14. The van der Waals surface area contributed by atoms with E-state index in [1.807, 2.05) is 62.4 Å². The van der Waals surface area contributed by atoms with E-state index < -0.39 is 11.9 Å². The van der Waals surface area contributed by atoms with Crippen molar-refractivity contribution in [2.75, 3.05) is 12.0 Å². The van der Waals surface area contributed by atoms with E-state index >= 15 is 0 Å². The molecule has 35 heavy (non-hydrogen) atoms. The second-order valence-corrected chi connectivity index (χ2v) is 8.26. The molecule has 0 spiro atoms. The molecule has 4 aromatic rings. The quantitative estimate of drug-likeness (QED) is 0.393. The van der Waals surface area contributed by atoms with Crippen LogP contribution in [0.3, 0.4) is 0 Å². The fourth-order valence-electron chi connectivity index (χ4n) is 4.15. The zero-order chi connectivity index (χ0) is 24.5. The van der Waals surface area contributed by atoms with Gasteiger partial charge in [-0.1, -0.05) is 35.0 Å². The van der Waals surface area contributed by atoms with E-state index in [0.717, 1.165) is 11.1 Å². The number of carbonyl (C=O) groups is 1. The molecule has 7 nitrogen and oxygen atoms in total. The van der Waals surface area contributed by atoms with Crippen molar-refractivity contribution in [3.8, 4) is 17.1 Å². The van der Waals surface area contributed by atoms with E-state index in [1.165, 1.54) is 12.1 Å². The average Bonchev–Trinajstić information content (AvgIpc) is 3.34. The molecular weight excluding hydrogens is 447 g/mol. The number of halogens is 1. The summed E-state index contributed by atoms with van der Waals surface area (Å²) in [6.07, 6.45) is 0. The van der Waals surface area contributed by atoms with Gasteiger partial charge in [-0.2, -0.15) is 4.98 Å². The highest BCUT2D eigenvalue weighted by molar-refractivity contribution is 6.01. The molecule has 0 fully saturated rings. The number of amides is 2. The first-order valence-corrected chi connectivity index (χ1v) is 11.1. The van der Waals surface area contributed by atoms with Crippen molar-refractivity contribution in [1.29, 1.82) is 0 Å². The van der Waals surface area contributed by atoms with Crippen molar-refractivity contribution in [3.05, 3.63) is 101 Å². The standard InChI is InChI=1S/C27H23FN4O3/c1-16-7-11-21(12-8-16)32-17(2)23(24(29-27(32)33)19-5-4-6-20(28)15-19)26-30-25(31-35-26)18-9-13-22(34-3)14-10-18/h4-15,24H,1-3H3,(H,29,33). The summed E-state index contributed by atoms with van der Waals surface area (Å²) >= 11 is 0. The topological polar surface area (TPSA) is 80.5 Å². The molecule has 1 atom stereocenters. The van der Waals surface area contributed by atoms with Gasteiger partial charge in [0.05, 0.1) is 24.4 Å². The van der Waals surface area contributed by atoms with Crippen LogP contribution < -0.4 is 15.0 Å². The van der Waals surface area contributed by atoms with Crippen LogP contribution in [-0.4, -0.2) is 23.3 Å². The van der Waals surface area contributed by atoms with Gasteiger partial charge in [-0.3, -0.25) is 4.90 Å². The molecule has 5 rings (SSSR count). The number of rotatable bonds is 5. The summed E-state index contributed by atoms with van der Waals surface area (Å²) in [6.45, 7) is 3.80. The lowest BCUT2D eigenvalue weighted by Crippen LogP contribution is -2.46. The highest BCUT2D eigenvalue weighted by Crippen LogP contribution is 2.39. The van der Waals surface area contributed by atoms with Crippen LogP contribution in [0.5, 0.6) is 5.75 Å². The summed E-state index contributed by atoms with van der Waals surface area (Å²) in [6, 6.07) is 20.0. The van der Waals surface area contributed by atoms with Gasteiger partial charge < -0.3 is 14.6 Å². The predicted molar refractivity (Wildman–Crippen MR) is 130 cm³/mol. The van der Waals surface area contributed by atoms with Crippen LogP contribution in [0, 0.1) is 12.7 Å². The smallest absolute Gasteiger partial charge is 0.326 e. The van der Waals surface area contributed by atoms with Crippen molar-refractivity contribution in [1.82, 2.24) is 15.5 Å². The van der Waals surface area contributed by atoms with Crippen LogP contribution >= 0.6 is 0 Å². The summed E-state index contributed by atoms with van der Waals surface area (Å²) in [5.41, 5.74) is 4.28. The summed E-state index contributed by atoms with van der Waals surface area (Å²) in [5.74, 6) is 0.935. The normalized spacial score (nSPS) is 15.8. The van der Waals surface area contributed by atoms with Gasteiger partial charge >= 0.3 is 6.03 Å².